The Morgan fingerprint density at radius 1 is 1.29 bits per heavy atom. The molecular weight excluding hydrogens is 331 g/mol. The van der Waals surface area contributed by atoms with E-state index in [0.717, 1.165) is 6.07 Å². The highest BCUT2D eigenvalue weighted by molar-refractivity contribution is 8.13. The second kappa shape index (κ2) is 6.23. The molecule has 0 fully saturated rings. The van der Waals surface area contributed by atoms with E-state index < -0.39 is 34.1 Å². The molecule has 0 saturated carbocycles. The van der Waals surface area contributed by atoms with Crippen LogP contribution in [-0.4, -0.2) is 27.0 Å². The number of benzene rings is 1. The molecule has 0 aliphatic carbocycles. The molecule has 0 aliphatic heterocycles. The highest BCUT2D eigenvalue weighted by Crippen LogP contribution is 2.23. The smallest absolute Gasteiger partial charge is 0.352 e. The predicted octanol–water partition coefficient (Wildman–Crippen LogP) is 2.91. The van der Waals surface area contributed by atoms with Gasteiger partial charge in [0.2, 0.25) is 0 Å². The summed E-state index contributed by atoms with van der Waals surface area (Å²) in [7, 11) is 1.19. The molecule has 0 heterocycles. The van der Waals surface area contributed by atoms with Gasteiger partial charge in [0, 0.05) is 22.8 Å². The van der Waals surface area contributed by atoms with Gasteiger partial charge in [0.1, 0.15) is 0 Å². The number of rotatable bonds is 4. The summed E-state index contributed by atoms with van der Waals surface area (Å²) in [6.07, 6.45) is -5.54. The van der Waals surface area contributed by atoms with E-state index in [9.17, 15) is 26.4 Å². The van der Waals surface area contributed by atoms with Crippen molar-refractivity contribution in [2.45, 2.75) is 31.3 Å². The lowest BCUT2D eigenvalue weighted by Gasteiger charge is -2.12. The first kappa shape index (κ1) is 17.8. The summed E-state index contributed by atoms with van der Waals surface area (Å²) in [5.41, 5.74) is 0.956. The molecular formula is C12H13ClF3NO3S. The van der Waals surface area contributed by atoms with Gasteiger partial charge in [-0.2, -0.15) is 13.2 Å². The fourth-order valence-electron chi connectivity index (χ4n) is 1.62. The maximum absolute atomic E-state index is 12.0. The number of hydrogen-bond acceptors (Lipinski definition) is 3. The first-order valence-corrected chi connectivity index (χ1v) is 8.13. The molecule has 0 aromatic heterocycles. The van der Waals surface area contributed by atoms with Crippen LogP contribution in [0.1, 0.15) is 27.9 Å². The predicted molar refractivity (Wildman–Crippen MR) is 72.0 cm³/mol. The minimum atomic E-state index is -4.38. The third-order valence-electron chi connectivity index (χ3n) is 2.86. The molecule has 1 rings (SSSR count). The third-order valence-corrected chi connectivity index (χ3v) is 4.19. The Morgan fingerprint density at radius 3 is 2.33 bits per heavy atom. The van der Waals surface area contributed by atoms with E-state index in [1.165, 1.54) is 6.07 Å². The van der Waals surface area contributed by atoms with E-state index >= 15 is 0 Å². The van der Waals surface area contributed by atoms with Crippen LogP contribution in [0.25, 0.3) is 0 Å². The van der Waals surface area contributed by atoms with Crippen LogP contribution < -0.4 is 5.32 Å². The van der Waals surface area contributed by atoms with Crippen LogP contribution in [0, 0.1) is 13.8 Å². The highest BCUT2D eigenvalue weighted by Gasteiger charge is 2.27. The lowest BCUT2D eigenvalue weighted by atomic mass is 10.0. The average Bonchev–Trinajstić information content (AvgIpc) is 2.29. The second-order valence-corrected chi connectivity index (χ2v) is 7.04. The number of carbonyl (C=O) groups is 1. The van der Waals surface area contributed by atoms with Gasteiger partial charge in [0.05, 0.1) is 11.3 Å². The molecule has 1 N–H and O–H groups in total. The Balaban J connectivity index is 3.02. The summed E-state index contributed by atoms with van der Waals surface area (Å²) < 4.78 is 58.7. The highest BCUT2D eigenvalue weighted by atomic mass is 35.7. The van der Waals surface area contributed by atoms with Gasteiger partial charge in [-0.1, -0.05) is 0 Å². The largest absolute Gasteiger partial charge is 0.390 e. The standard InChI is InChI=1S/C12H13ClF3NO3S/c1-7-5-9(21(13,19)20)6-10(8(7)2)11(18)17-4-3-12(14,15)16/h5-6H,3-4H2,1-2H3,(H,17,18). The van der Waals surface area contributed by atoms with Gasteiger partial charge in [-0.05, 0) is 37.1 Å². The summed E-state index contributed by atoms with van der Waals surface area (Å²) >= 11 is 0. The van der Waals surface area contributed by atoms with Crippen molar-refractivity contribution >= 4 is 25.6 Å². The fourth-order valence-corrected chi connectivity index (χ4v) is 2.46. The first-order chi connectivity index (χ1) is 9.42. The maximum Gasteiger partial charge on any atom is 0.390 e. The van der Waals surface area contributed by atoms with Crippen LogP contribution in [0.15, 0.2) is 17.0 Å². The zero-order chi connectivity index (χ0) is 16.4. The summed E-state index contributed by atoms with van der Waals surface area (Å²) in [4.78, 5) is 11.6. The van der Waals surface area contributed by atoms with Crippen molar-refractivity contribution in [1.29, 1.82) is 0 Å². The molecule has 118 valence electrons. The molecule has 0 radical (unpaired) electrons. The normalized spacial score (nSPS) is 12.3. The average molecular weight is 344 g/mol. The monoisotopic (exact) mass is 343 g/mol. The van der Waals surface area contributed by atoms with E-state index in [1.54, 1.807) is 13.8 Å². The third kappa shape index (κ3) is 5.20. The zero-order valence-electron chi connectivity index (χ0n) is 11.2. The first-order valence-electron chi connectivity index (χ1n) is 5.82. The molecule has 0 aliphatic rings. The minimum Gasteiger partial charge on any atom is -0.352 e. The molecule has 0 atom stereocenters. The van der Waals surface area contributed by atoms with Crippen LogP contribution in [0.2, 0.25) is 0 Å². The molecule has 1 aromatic rings. The van der Waals surface area contributed by atoms with Crippen molar-refractivity contribution in [3.8, 4) is 0 Å². The molecule has 0 spiro atoms. The maximum atomic E-state index is 12.0. The number of halogens is 4. The van der Waals surface area contributed by atoms with Crippen LogP contribution in [0.5, 0.6) is 0 Å². The van der Waals surface area contributed by atoms with Crippen LogP contribution in [0.3, 0.4) is 0 Å². The second-order valence-electron chi connectivity index (χ2n) is 4.47. The van der Waals surface area contributed by atoms with Gasteiger partial charge >= 0.3 is 6.18 Å². The topological polar surface area (TPSA) is 63.2 Å². The van der Waals surface area contributed by atoms with E-state index in [0.29, 0.717) is 11.1 Å². The summed E-state index contributed by atoms with van der Waals surface area (Å²) in [6.45, 7) is 2.56. The Labute approximate surface area is 124 Å². The molecule has 9 heteroatoms. The molecule has 4 nitrogen and oxygen atoms in total. The SMILES string of the molecule is Cc1cc(S(=O)(=O)Cl)cc(C(=O)NCCC(F)(F)F)c1C. The van der Waals surface area contributed by atoms with E-state index in [1.807, 2.05) is 0 Å². The number of nitrogens with one attached hydrogen (secondary N) is 1. The summed E-state index contributed by atoms with van der Waals surface area (Å²) in [5.74, 6) is -0.776. The van der Waals surface area contributed by atoms with Crippen LogP contribution >= 0.6 is 10.7 Å². The van der Waals surface area contributed by atoms with Crippen molar-refractivity contribution < 1.29 is 26.4 Å². The summed E-state index contributed by atoms with van der Waals surface area (Å²) in [6, 6.07) is 2.34. The molecule has 0 saturated heterocycles. The van der Waals surface area contributed by atoms with Crippen LogP contribution in [0.4, 0.5) is 13.2 Å². The van der Waals surface area contributed by atoms with Crippen molar-refractivity contribution in [1.82, 2.24) is 5.32 Å². The van der Waals surface area contributed by atoms with Gasteiger partial charge in [-0.25, -0.2) is 8.42 Å². The van der Waals surface area contributed by atoms with Crippen molar-refractivity contribution in [2.75, 3.05) is 6.54 Å². The molecule has 21 heavy (non-hydrogen) atoms. The summed E-state index contributed by atoms with van der Waals surface area (Å²) in [5, 5.41) is 2.11. The molecule has 1 aromatic carbocycles. The van der Waals surface area contributed by atoms with Gasteiger partial charge in [-0.15, -0.1) is 0 Å². The number of alkyl halides is 3. The number of hydrogen-bond donors (Lipinski definition) is 1. The van der Waals surface area contributed by atoms with Gasteiger partial charge < -0.3 is 5.32 Å². The quantitative estimate of drug-likeness (QED) is 0.855. The van der Waals surface area contributed by atoms with E-state index in [-0.39, 0.29) is 10.5 Å². The molecule has 0 bridgehead atoms. The van der Waals surface area contributed by atoms with Crippen LogP contribution in [-0.2, 0) is 9.05 Å². The Bertz CT molecular complexity index is 656. The Morgan fingerprint density at radius 2 is 1.86 bits per heavy atom. The number of carbonyl (C=O) groups excluding carboxylic acids is 1. The lowest BCUT2D eigenvalue weighted by molar-refractivity contribution is -0.132. The van der Waals surface area contributed by atoms with E-state index in [2.05, 4.69) is 5.32 Å². The van der Waals surface area contributed by atoms with Crippen molar-refractivity contribution in [3.05, 3.63) is 28.8 Å². The minimum absolute atomic E-state index is 0.0172. The number of aryl methyl sites for hydroxylation is 1. The Kier molecular flexibility index (Phi) is 5.27. The lowest BCUT2D eigenvalue weighted by Crippen LogP contribution is -2.28. The van der Waals surface area contributed by atoms with Gasteiger partial charge in [0.25, 0.3) is 15.0 Å². The zero-order valence-corrected chi connectivity index (χ0v) is 12.8. The fraction of sp³-hybridized carbons (Fsp3) is 0.417. The molecule has 0 unspecified atom stereocenters. The van der Waals surface area contributed by atoms with E-state index in [4.69, 9.17) is 10.7 Å². The molecule has 1 amide bonds. The van der Waals surface area contributed by atoms with Gasteiger partial charge in [0.15, 0.2) is 0 Å². The van der Waals surface area contributed by atoms with Crippen molar-refractivity contribution in [2.24, 2.45) is 0 Å². The Hall–Kier alpha value is -1.28. The van der Waals surface area contributed by atoms with Gasteiger partial charge in [-0.3, -0.25) is 4.79 Å². The number of amides is 1. The van der Waals surface area contributed by atoms with Crippen molar-refractivity contribution in [3.63, 3.8) is 0 Å².